The molecular weight excluding hydrogens is 292 g/mol. The molecular formula is C17H28N4O2. The van der Waals surface area contributed by atoms with Crippen molar-refractivity contribution in [2.75, 3.05) is 47.9 Å². The number of guanidine groups is 1. The topological polar surface area (TPSA) is 58.1 Å². The molecule has 2 rings (SSSR count). The Kier molecular flexibility index (Phi) is 6.52. The smallest absolute Gasteiger partial charge is 0.191 e. The van der Waals surface area contributed by atoms with Crippen molar-refractivity contribution in [1.82, 2.24) is 15.5 Å². The van der Waals surface area contributed by atoms with Crippen molar-refractivity contribution in [3.8, 4) is 11.5 Å². The van der Waals surface area contributed by atoms with Crippen LogP contribution in [-0.2, 0) is 6.54 Å². The predicted molar refractivity (Wildman–Crippen MR) is 93.4 cm³/mol. The highest BCUT2D eigenvalue weighted by Gasteiger charge is 2.19. The van der Waals surface area contributed by atoms with Crippen LogP contribution in [0.4, 0.5) is 0 Å². The van der Waals surface area contributed by atoms with Gasteiger partial charge in [-0.3, -0.25) is 4.99 Å². The first-order chi connectivity index (χ1) is 11.2. The predicted octanol–water partition coefficient (Wildman–Crippen LogP) is 1.32. The maximum Gasteiger partial charge on any atom is 0.191 e. The largest absolute Gasteiger partial charge is 0.497 e. The Morgan fingerprint density at radius 1 is 1.30 bits per heavy atom. The number of aliphatic imine (C=N–C) groups is 1. The molecule has 1 aromatic carbocycles. The van der Waals surface area contributed by atoms with Crippen molar-refractivity contribution in [3.63, 3.8) is 0 Å². The molecule has 0 aliphatic carbocycles. The maximum absolute atomic E-state index is 5.42. The third-order valence-corrected chi connectivity index (χ3v) is 4.21. The minimum atomic E-state index is 0.650. The highest BCUT2D eigenvalue weighted by molar-refractivity contribution is 5.79. The SMILES string of the molecule is CN=C(NCc1ccc(OC)cc1OC)NCC1CCN(C)C1. The summed E-state index contributed by atoms with van der Waals surface area (Å²) in [5.74, 6) is 3.11. The number of nitrogens with one attached hydrogen (secondary N) is 2. The van der Waals surface area contributed by atoms with Crippen molar-refractivity contribution in [2.45, 2.75) is 13.0 Å². The van der Waals surface area contributed by atoms with E-state index < -0.39 is 0 Å². The molecule has 0 spiro atoms. The average molecular weight is 320 g/mol. The van der Waals surface area contributed by atoms with Gasteiger partial charge in [0.1, 0.15) is 11.5 Å². The normalized spacial score (nSPS) is 18.8. The average Bonchev–Trinajstić information content (AvgIpc) is 3.00. The molecule has 1 atom stereocenters. The summed E-state index contributed by atoms with van der Waals surface area (Å²) in [6, 6.07) is 5.83. The van der Waals surface area contributed by atoms with Crippen LogP contribution in [0, 0.1) is 5.92 Å². The maximum atomic E-state index is 5.42. The Labute approximate surface area is 138 Å². The van der Waals surface area contributed by atoms with Gasteiger partial charge in [0.15, 0.2) is 5.96 Å². The van der Waals surface area contributed by atoms with Gasteiger partial charge in [0, 0.05) is 38.3 Å². The summed E-state index contributed by atoms with van der Waals surface area (Å²) < 4.78 is 10.6. The molecule has 6 nitrogen and oxygen atoms in total. The number of methoxy groups -OCH3 is 2. The van der Waals surface area contributed by atoms with Crippen LogP contribution < -0.4 is 20.1 Å². The van der Waals surface area contributed by atoms with E-state index in [1.54, 1.807) is 21.3 Å². The molecule has 2 N–H and O–H groups in total. The van der Waals surface area contributed by atoms with Crippen LogP contribution in [0.25, 0.3) is 0 Å². The van der Waals surface area contributed by atoms with Gasteiger partial charge in [-0.2, -0.15) is 0 Å². The molecule has 0 bridgehead atoms. The molecule has 1 fully saturated rings. The molecule has 1 aliphatic rings. The molecule has 0 saturated carbocycles. The van der Waals surface area contributed by atoms with Crippen LogP contribution in [0.1, 0.15) is 12.0 Å². The van der Waals surface area contributed by atoms with E-state index >= 15 is 0 Å². The van der Waals surface area contributed by atoms with E-state index in [2.05, 4.69) is 27.6 Å². The Morgan fingerprint density at radius 2 is 2.13 bits per heavy atom. The molecule has 6 heteroatoms. The van der Waals surface area contributed by atoms with Gasteiger partial charge < -0.3 is 25.0 Å². The lowest BCUT2D eigenvalue weighted by atomic mass is 10.1. The molecule has 1 aromatic rings. The number of likely N-dealkylation sites (tertiary alicyclic amines) is 1. The van der Waals surface area contributed by atoms with E-state index in [4.69, 9.17) is 9.47 Å². The van der Waals surface area contributed by atoms with Gasteiger partial charge in [0.25, 0.3) is 0 Å². The highest BCUT2D eigenvalue weighted by atomic mass is 16.5. The van der Waals surface area contributed by atoms with E-state index in [1.165, 1.54) is 13.0 Å². The summed E-state index contributed by atoms with van der Waals surface area (Å²) in [6.45, 7) is 3.93. The number of hydrogen-bond acceptors (Lipinski definition) is 4. The summed E-state index contributed by atoms with van der Waals surface area (Å²) in [5.41, 5.74) is 1.07. The lowest BCUT2D eigenvalue weighted by Crippen LogP contribution is -2.39. The minimum absolute atomic E-state index is 0.650. The fourth-order valence-corrected chi connectivity index (χ4v) is 2.83. The second-order valence-electron chi connectivity index (χ2n) is 5.90. The van der Waals surface area contributed by atoms with Crippen LogP contribution in [0.15, 0.2) is 23.2 Å². The molecule has 23 heavy (non-hydrogen) atoms. The quantitative estimate of drug-likeness (QED) is 0.611. The lowest BCUT2D eigenvalue weighted by Gasteiger charge is -2.16. The van der Waals surface area contributed by atoms with Crippen LogP contribution in [0.5, 0.6) is 11.5 Å². The van der Waals surface area contributed by atoms with Gasteiger partial charge in [-0.1, -0.05) is 0 Å². The van der Waals surface area contributed by atoms with Gasteiger partial charge >= 0.3 is 0 Å². The van der Waals surface area contributed by atoms with Crippen molar-refractivity contribution in [1.29, 1.82) is 0 Å². The van der Waals surface area contributed by atoms with Gasteiger partial charge in [-0.15, -0.1) is 0 Å². The van der Waals surface area contributed by atoms with E-state index in [0.29, 0.717) is 12.5 Å². The third kappa shape index (κ3) is 5.03. The monoisotopic (exact) mass is 320 g/mol. The minimum Gasteiger partial charge on any atom is -0.497 e. The number of rotatable bonds is 6. The van der Waals surface area contributed by atoms with Crippen molar-refractivity contribution >= 4 is 5.96 Å². The third-order valence-electron chi connectivity index (χ3n) is 4.21. The summed E-state index contributed by atoms with van der Waals surface area (Å²) in [5, 5.41) is 6.75. The first-order valence-electron chi connectivity index (χ1n) is 8.00. The molecule has 1 aliphatic heterocycles. The highest BCUT2D eigenvalue weighted by Crippen LogP contribution is 2.24. The van der Waals surface area contributed by atoms with Crippen molar-refractivity contribution in [3.05, 3.63) is 23.8 Å². The van der Waals surface area contributed by atoms with Gasteiger partial charge in [-0.05, 0) is 38.1 Å². The lowest BCUT2D eigenvalue weighted by molar-refractivity contribution is 0.390. The summed E-state index contributed by atoms with van der Waals surface area (Å²) in [7, 11) is 7.28. The zero-order valence-corrected chi connectivity index (χ0v) is 14.6. The van der Waals surface area contributed by atoms with E-state index in [9.17, 15) is 0 Å². The van der Waals surface area contributed by atoms with Crippen LogP contribution in [-0.4, -0.2) is 58.8 Å². The van der Waals surface area contributed by atoms with Gasteiger partial charge in [-0.25, -0.2) is 0 Å². The Balaban J connectivity index is 1.85. The molecule has 1 unspecified atom stereocenters. The van der Waals surface area contributed by atoms with Gasteiger partial charge in [0.05, 0.1) is 14.2 Å². The molecule has 1 saturated heterocycles. The molecule has 0 aromatic heterocycles. The molecule has 128 valence electrons. The fraction of sp³-hybridized carbons (Fsp3) is 0.588. The van der Waals surface area contributed by atoms with E-state index in [0.717, 1.165) is 36.1 Å². The van der Waals surface area contributed by atoms with Crippen LogP contribution >= 0.6 is 0 Å². The fourth-order valence-electron chi connectivity index (χ4n) is 2.83. The zero-order chi connectivity index (χ0) is 16.7. The Bertz CT molecular complexity index is 533. The van der Waals surface area contributed by atoms with Crippen LogP contribution in [0.2, 0.25) is 0 Å². The first kappa shape index (κ1) is 17.4. The van der Waals surface area contributed by atoms with Crippen molar-refractivity contribution in [2.24, 2.45) is 10.9 Å². The zero-order valence-electron chi connectivity index (χ0n) is 14.6. The first-order valence-corrected chi connectivity index (χ1v) is 8.00. The van der Waals surface area contributed by atoms with Crippen LogP contribution in [0.3, 0.4) is 0 Å². The number of ether oxygens (including phenoxy) is 2. The van der Waals surface area contributed by atoms with Gasteiger partial charge in [0.2, 0.25) is 0 Å². The standard InChI is InChI=1S/C17H28N4O2/c1-18-17(19-10-13-7-8-21(2)12-13)20-11-14-5-6-15(22-3)9-16(14)23-4/h5-6,9,13H,7-8,10-12H2,1-4H3,(H2,18,19,20). The Hall–Kier alpha value is -1.95. The Morgan fingerprint density at radius 3 is 2.74 bits per heavy atom. The second kappa shape index (κ2) is 8.62. The summed E-state index contributed by atoms with van der Waals surface area (Å²) in [4.78, 5) is 6.65. The molecule has 0 amide bonds. The molecule has 1 heterocycles. The number of benzene rings is 1. The molecule has 0 radical (unpaired) electrons. The number of nitrogens with zero attached hydrogens (tertiary/aromatic N) is 2. The summed E-state index contributed by atoms with van der Waals surface area (Å²) in [6.07, 6.45) is 1.24. The number of hydrogen-bond donors (Lipinski definition) is 2. The van der Waals surface area contributed by atoms with Crippen molar-refractivity contribution < 1.29 is 9.47 Å². The second-order valence-corrected chi connectivity index (χ2v) is 5.90. The summed E-state index contributed by atoms with van der Waals surface area (Å²) >= 11 is 0. The van der Waals surface area contributed by atoms with E-state index in [1.807, 2.05) is 18.2 Å². The van der Waals surface area contributed by atoms with E-state index in [-0.39, 0.29) is 0 Å².